The molecule has 7 fully saturated rings. The number of nitrogens with zero attached hydrogens (tertiary/aromatic N) is 10. The maximum absolute atomic E-state index is 5.21. The molecule has 15 heteroatoms. The van der Waals surface area contributed by atoms with E-state index in [2.05, 4.69) is 233 Å². The maximum atomic E-state index is 5.21. The molecule has 7 aliphatic heterocycles. The zero-order valence-corrected chi connectivity index (χ0v) is 76.3. The van der Waals surface area contributed by atoms with Crippen molar-refractivity contribution in [2.75, 3.05) is 225 Å². The van der Waals surface area contributed by atoms with Gasteiger partial charge in [-0.3, -0.25) is 9.80 Å². The predicted molar refractivity (Wildman–Crippen MR) is 512 cm³/mol. The highest BCUT2D eigenvalue weighted by molar-refractivity contribution is 5.15. The number of likely N-dealkylation sites (tertiary alicyclic amines) is 5. The van der Waals surface area contributed by atoms with Crippen LogP contribution in [0.3, 0.4) is 0 Å². The summed E-state index contributed by atoms with van der Waals surface area (Å²) in [6.07, 6.45) is 51.6. The Bertz CT molecular complexity index is 2220. The minimum Gasteiger partial charge on any atom is -0.379 e. The Hall–Kier alpha value is -4.76. The Morgan fingerprint density at radius 1 is 0.496 bits per heavy atom. The lowest BCUT2D eigenvalue weighted by atomic mass is 9.94. The Morgan fingerprint density at radius 3 is 1.32 bits per heavy atom. The number of piperidine rings is 3. The number of unbranched alkanes of at least 4 members (excludes halogenated alkanes) is 1. The van der Waals surface area contributed by atoms with Crippen LogP contribution in [0.5, 0.6) is 0 Å². The smallest absolute Gasteiger partial charge is 0.0594 e. The summed E-state index contributed by atoms with van der Waals surface area (Å²) in [6.45, 7) is 92.6. The van der Waals surface area contributed by atoms with E-state index in [0.29, 0.717) is 6.54 Å². The third kappa shape index (κ3) is 83.5. The van der Waals surface area contributed by atoms with Crippen molar-refractivity contribution < 1.29 is 4.74 Å². The summed E-state index contributed by atoms with van der Waals surface area (Å²) in [6, 6.07) is 12.3. The van der Waals surface area contributed by atoms with Gasteiger partial charge in [0.05, 0.1) is 13.2 Å². The Labute approximate surface area is 703 Å². The van der Waals surface area contributed by atoms with E-state index < -0.39 is 0 Å². The number of nitrogens with one attached hydrogen (secondary N) is 1. The van der Waals surface area contributed by atoms with Gasteiger partial charge in [0.1, 0.15) is 0 Å². The van der Waals surface area contributed by atoms with Crippen LogP contribution < -0.4 is 22.5 Å². The van der Waals surface area contributed by atoms with E-state index in [1.807, 2.05) is 67.8 Å². The van der Waals surface area contributed by atoms with Gasteiger partial charge in [-0.05, 0) is 260 Å². The number of benzene rings is 1. The van der Waals surface area contributed by atoms with E-state index in [1.54, 1.807) is 12.2 Å². The summed E-state index contributed by atoms with van der Waals surface area (Å²) < 4.78 is 5.21. The summed E-state index contributed by atoms with van der Waals surface area (Å²) in [5.74, 6) is 0. The highest BCUT2D eigenvalue weighted by Gasteiger charge is 2.20. The van der Waals surface area contributed by atoms with Crippen molar-refractivity contribution in [1.29, 1.82) is 0 Å². The van der Waals surface area contributed by atoms with Crippen LogP contribution in [-0.4, -0.2) is 286 Å². The van der Waals surface area contributed by atoms with Crippen molar-refractivity contribution in [2.45, 2.75) is 201 Å². The minimum absolute atomic E-state index is 0.253. The fourth-order valence-corrected chi connectivity index (χ4v) is 12.6. The van der Waals surface area contributed by atoms with Crippen LogP contribution in [0.4, 0.5) is 0 Å². The average molecular weight is 1580 g/mol. The van der Waals surface area contributed by atoms with Gasteiger partial charge in [-0.1, -0.05) is 156 Å². The molecule has 1 aromatic carbocycles. The molecule has 7 aliphatic rings. The van der Waals surface area contributed by atoms with Crippen LogP contribution in [0.1, 0.15) is 188 Å². The molecule has 7 heterocycles. The summed E-state index contributed by atoms with van der Waals surface area (Å²) in [5, 5.41) is 3.00. The molecule has 7 saturated heterocycles. The molecule has 1 aromatic rings. The zero-order valence-electron chi connectivity index (χ0n) is 76.3. The van der Waals surface area contributed by atoms with Crippen molar-refractivity contribution in [1.82, 2.24) is 54.3 Å². The van der Waals surface area contributed by atoms with E-state index in [1.165, 1.54) is 193 Å². The van der Waals surface area contributed by atoms with Crippen molar-refractivity contribution in [2.24, 2.45) is 22.6 Å². The summed E-state index contributed by atoms with van der Waals surface area (Å²) >= 11 is 0. The van der Waals surface area contributed by atoms with Gasteiger partial charge in [0.25, 0.3) is 0 Å². The van der Waals surface area contributed by atoms with Gasteiger partial charge in [-0.15, -0.1) is 78.9 Å². The molecule has 0 amide bonds. The van der Waals surface area contributed by atoms with E-state index in [-0.39, 0.29) is 5.41 Å². The van der Waals surface area contributed by atoms with Gasteiger partial charge < -0.3 is 66.5 Å². The van der Waals surface area contributed by atoms with E-state index in [9.17, 15) is 0 Å². The second-order valence-corrected chi connectivity index (χ2v) is 31.0. The average Bonchev–Trinajstić information content (AvgIpc) is 1.90. The molecule has 0 radical (unpaired) electrons. The Kier molecular flexibility index (Phi) is 94.2. The molecule has 113 heavy (non-hydrogen) atoms. The van der Waals surface area contributed by atoms with Crippen LogP contribution in [0.15, 0.2) is 194 Å². The molecule has 7 N–H and O–H groups in total. The second kappa shape index (κ2) is 91.1. The zero-order chi connectivity index (χ0) is 85.5. The third-order valence-electron chi connectivity index (χ3n) is 20.0. The molecule has 0 spiro atoms. The number of rotatable bonds is 36. The normalized spacial score (nSPS) is 17.8. The molecule has 2 atom stereocenters. The van der Waals surface area contributed by atoms with Crippen molar-refractivity contribution in [3.05, 3.63) is 200 Å². The molecule has 0 bridgehead atoms. The lowest BCUT2D eigenvalue weighted by Crippen LogP contribution is -2.44. The topological polar surface area (TPSA) is 132 Å². The Balaban J connectivity index is -0.000000377. The van der Waals surface area contributed by atoms with E-state index >= 15 is 0 Å². The highest BCUT2D eigenvalue weighted by Crippen LogP contribution is 2.20. The van der Waals surface area contributed by atoms with Crippen LogP contribution >= 0.6 is 0 Å². The van der Waals surface area contributed by atoms with Gasteiger partial charge in [-0.2, -0.15) is 0 Å². The standard InChI is InChI=1S/C13H17N.C10H19N.C9H18N2.C9H17N.C8H15NO.2C8H15N.2C8H17N.2C5H11N.C4H9N.C3H7N/c1-12-7-9-14(10-8-12)11-13-5-3-2-4-6-13;1-3-4-8-11-9-6-5-7-10(11)2;1-3-4-5-11-8-6-10(2)7-9-11;1-2-3-7-10-8-5-4-6-9-10;1-2-3-4-9-5-7-10-8-6-9;1-3-5-8-6-4-7-9(8)2;1-2-3-6-9-7-4-5-8-9;1-6-8(2,3)7-9(4)5;1-4-7-8-9(5-2)6-3;1-3-4-5-6-2;1-2-3-4-5-6;1-2-3-4-5;1-2-3-4/h2-6H,1,7-11H2;3,10H,1,4-9H2,2H3;3H,1,4-9H2,2H3;2H,1,3-9H2;2H,1,3-8H2;3,8H,1,4-7H2,2H3;2H,1,3-8H2;6H,1,7H2,2-5H3;4H,1,5-8H2,2-3H3;3,6H,1,4-5H2,2H3;2H,1,3-6H2;2H,1,3-5H2;2H,1,3-4H2. The first-order chi connectivity index (χ1) is 54.6. The molecular weight excluding hydrogens is 1390 g/mol. The predicted octanol–water partition coefficient (Wildman–Crippen LogP) is 18.4. The van der Waals surface area contributed by atoms with Crippen LogP contribution in [0.25, 0.3) is 0 Å². The number of hydrogen-bond donors (Lipinski definition) is 4. The lowest BCUT2D eigenvalue weighted by Gasteiger charge is -2.32. The summed E-state index contributed by atoms with van der Waals surface area (Å²) in [7, 11) is 10.5. The first-order valence-corrected chi connectivity index (χ1v) is 44.1. The highest BCUT2D eigenvalue weighted by atomic mass is 16.5. The van der Waals surface area contributed by atoms with Gasteiger partial charge in [0, 0.05) is 123 Å². The fraction of sp³-hybridized carbons (Fsp3) is 0.673. The number of likely N-dealkylation sites (N-methyl/N-ethyl adjacent to an activating group) is 1. The lowest BCUT2D eigenvalue weighted by molar-refractivity contribution is 0.0387. The molecule has 8 rings (SSSR count). The van der Waals surface area contributed by atoms with Crippen molar-refractivity contribution in [3.8, 4) is 0 Å². The number of allylic oxidation sites excluding steroid dienone is 1. The maximum Gasteiger partial charge on any atom is 0.0594 e. The third-order valence-corrected chi connectivity index (χ3v) is 20.0. The molecule has 656 valence electrons. The first-order valence-electron chi connectivity index (χ1n) is 44.1. The Morgan fingerprint density at radius 2 is 0.956 bits per heavy atom. The largest absolute Gasteiger partial charge is 0.379 e. The number of hydrogen-bond acceptors (Lipinski definition) is 15. The number of morpholine rings is 1. The van der Waals surface area contributed by atoms with Gasteiger partial charge in [0.15, 0.2) is 0 Å². The SMILES string of the molecule is C=C1CCN(Cc2ccccc2)CC1.C=CC(C)(C)CN(C)C.C=CCC1CCCN1C.C=CCCCN.C=CCCN.C=CCCN(CC)CC.C=CCCN1CCCC1.C=CCCN1CCCCC1.C=CCCN1CCCCC1C.C=CCCN1CCN(C)CC1.C=CCCN1CCOCC1.C=CCCNC.C=CCN. The monoisotopic (exact) mass is 1580 g/mol. The van der Waals surface area contributed by atoms with Crippen molar-refractivity contribution in [3.63, 3.8) is 0 Å². The summed E-state index contributed by atoms with van der Waals surface area (Å²) in [4.78, 5) is 24.4. The number of piperazine rings is 1. The van der Waals surface area contributed by atoms with Gasteiger partial charge >= 0.3 is 0 Å². The first kappa shape index (κ1) is 117. The van der Waals surface area contributed by atoms with Crippen LogP contribution in [0.2, 0.25) is 0 Å². The molecule has 0 aromatic heterocycles. The number of ether oxygens (including phenoxy) is 1. The van der Waals surface area contributed by atoms with Crippen LogP contribution in [0, 0.1) is 5.41 Å². The van der Waals surface area contributed by atoms with Crippen molar-refractivity contribution >= 4 is 0 Å². The van der Waals surface area contributed by atoms with E-state index in [0.717, 1.165) is 168 Å². The fourth-order valence-electron chi connectivity index (χ4n) is 12.6. The quantitative estimate of drug-likeness (QED) is 0.0375. The van der Waals surface area contributed by atoms with Gasteiger partial charge in [0.2, 0.25) is 0 Å². The molecule has 0 saturated carbocycles. The van der Waals surface area contributed by atoms with Gasteiger partial charge in [-0.25, -0.2) is 0 Å². The molecule has 0 aliphatic carbocycles. The molecule has 15 nitrogen and oxygen atoms in total. The number of nitrogens with two attached hydrogens (primary N) is 3. The second-order valence-electron chi connectivity index (χ2n) is 31.0. The van der Waals surface area contributed by atoms with Crippen LogP contribution in [-0.2, 0) is 11.3 Å². The molecular formula is C98H188N14O. The van der Waals surface area contributed by atoms with E-state index in [4.69, 9.17) is 21.9 Å². The molecule has 2 unspecified atom stereocenters. The minimum atomic E-state index is 0.253. The summed E-state index contributed by atoms with van der Waals surface area (Å²) in [5.41, 5.74) is 18.2.